The fourth-order valence-corrected chi connectivity index (χ4v) is 3.34. The van der Waals surface area contributed by atoms with Gasteiger partial charge in [0.05, 0.1) is 17.3 Å². The minimum atomic E-state index is -3.31. The van der Waals surface area contributed by atoms with E-state index < -0.39 is 10.1 Å². The summed E-state index contributed by atoms with van der Waals surface area (Å²) in [6.07, 6.45) is 9.96. The van der Waals surface area contributed by atoms with Crippen LogP contribution in [0.5, 0.6) is 0 Å². The Hall–Kier alpha value is -0.730. The predicted molar refractivity (Wildman–Crippen MR) is 89.1 cm³/mol. The topological polar surface area (TPSA) is 81.2 Å². The molecule has 1 aromatic rings. The second kappa shape index (κ2) is 8.21. The molecule has 1 fully saturated rings. The molecule has 1 heterocycles. The van der Waals surface area contributed by atoms with Crippen molar-refractivity contribution in [2.24, 2.45) is 11.8 Å². The van der Waals surface area contributed by atoms with Gasteiger partial charge in [0, 0.05) is 18.9 Å². The van der Waals surface area contributed by atoms with Crippen molar-refractivity contribution in [2.45, 2.75) is 32.1 Å². The molecule has 0 unspecified atom stereocenters. The molecule has 0 radical (unpaired) electrons. The van der Waals surface area contributed by atoms with E-state index in [1.807, 2.05) is 0 Å². The number of aromatic nitrogens is 2. The molecule has 22 heavy (non-hydrogen) atoms. The van der Waals surface area contributed by atoms with Crippen LogP contribution in [-0.4, -0.2) is 37.8 Å². The van der Waals surface area contributed by atoms with Crippen LogP contribution in [0.25, 0.3) is 0 Å². The van der Waals surface area contributed by atoms with Gasteiger partial charge in [0.1, 0.15) is 0 Å². The van der Waals surface area contributed by atoms with E-state index in [0.717, 1.165) is 49.4 Å². The normalized spacial score (nSPS) is 22.5. The highest BCUT2D eigenvalue weighted by molar-refractivity contribution is 9.10. The van der Waals surface area contributed by atoms with Crippen LogP contribution in [0.1, 0.15) is 32.1 Å². The van der Waals surface area contributed by atoms with E-state index in [-0.39, 0.29) is 0 Å². The van der Waals surface area contributed by atoms with Crippen LogP contribution in [0.2, 0.25) is 0 Å². The number of anilines is 1. The van der Waals surface area contributed by atoms with Crippen LogP contribution in [0.4, 0.5) is 5.95 Å². The van der Waals surface area contributed by atoms with E-state index in [0.29, 0.717) is 24.4 Å². The Morgan fingerprint density at radius 3 is 2.41 bits per heavy atom. The van der Waals surface area contributed by atoms with Crippen molar-refractivity contribution in [3.8, 4) is 0 Å². The van der Waals surface area contributed by atoms with Crippen molar-refractivity contribution >= 4 is 32.0 Å². The second-order valence-corrected chi connectivity index (χ2v) is 8.38. The standard InChI is InChI=1S/C14H22BrN3O3S/c1-22(19,20)21-10-12-4-2-11(3-5-12)6-7-16-14-17-8-13(15)9-18-14/h8-9,11-12H,2-7,10H2,1H3,(H,16,17,18). The average Bonchev–Trinajstić information content (AvgIpc) is 2.48. The van der Waals surface area contributed by atoms with Gasteiger partial charge in [-0.2, -0.15) is 8.42 Å². The molecule has 1 aliphatic rings. The fourth-order valence-electron chi connectivity index (χ4n) is 2.70. The van der Waals surface area contributed by atoms with Crippen LogP contribution >= 0.6 is 15.9 Å². The molecule has 0 aromatic carbocycles. The molecule has 0 saturated heterocycles. The molecule has 0 aliphatic heterocycles. The predicted octanol–water partition coefficient (Wildman–Crippen LogP) is 2.82. The SMILES string of the molecule is CS(=O)(=O)OCC1CCC(CCNc2ncc(Br)cn2)CC1. The molecule has 1 aliphatic carbocycles. The molecule has 1 saturated carbocycles. The lowest BCUT2D eigenvalue weighted by atomic mass is 9.81. The third-order valence-corrected chi connectivity index (χ3v) is 4.91. The molecule has 124 valence electrons. The Morgan fingerprint density at radius 2 is 1.82 bits per heavy atom. The quantitative estimate of drug-likeness (QED) is 0.719. The van der Waals surface area contributed by atoms with Crippen molar-refractivity contribution < 1.29 is 12.6 Å². The highest BCUT2D eigenvalue weighted by atomic mass is 79.9. The third kappa shape index (κ3) is 6.58. The zero-order valence-corrected chi connectivity index (χ0v) is 15.1. The zero-order chi connectivity index (χ0) is 16.0. The molecule has 1 aromatic heterocycles. The molecular weight excluding hydrogens is 370 g/mol. The van der Waals surface area contributed by atoms with Crippen molar-refractivity contribution in [1.82, 2.24) is 9.97 Å². The lowest BCUT2D eigenvalue weighted by Gasteiger charge is -2.28. The summed E-state index contributed by atoms with van der Waals surface area (Å²) in [6, 6.07) is 0. The number of hydrogen-bond donors (Lipinski definition) is 1. The molecule has 0 amide bonds. The Kier molecular flexibility index (Phi) is 6.58. The minimum Gasteiger partial charge on any atom is -0.354 e. The molecule has 0 spiro atoms. The zero-order valence-electron chi connectivity index (χ0n) is 12.7. The van der Waals surface area contributed by atoms with E-state index in [2.05, 4.69) is 31.2 Å². The van der Waals surface area contributed by atoms with Gasteiger partial charge in [-0.1, -0.05) is 12.8 Å². The highest BCUT2D eigenvalue weighted by Gasteiger charge is 2.22. The molecule has 6 nitrogen and oxygen atoms in total. The summed E-state index contributed by atoms with van der Waals surface area (Å²) in [4.78, 5) is 8.36. The molecule has 1 N–H and O–H groups in total. The summed E-state index contributed by atoms with van der Waals surface area (Å²) in [5.41, 5.74) is 0. The van der Waals surface area contributed by atoms with E-state index in [4.69, 9.17) is 4.18 Å². The van der Waals surface area contributed by atoms with Gasteiger partial charge >= 0.3 is 0 Å². The van der Waals surface area contributed by atoms with E-state index in [9.17, 15) is 8.42 Å². The first-order chi connectivity index (χ1) is 10.4. The summed E-state index contributed by atoms with van der Waals surface area (Å²) in [5.74, 6) is 1.70. The van der Waals surface area contributed by atoms with Gasteiger partial charge in [-0.15, -0.1) is 0 Å². The maximum Gasteiger partial charge on any atom is 0.264 e. The first-order valence-electron chi connectivity index (χ1n) is 7.48. The van der Waals surface area contributed by atoms with Crippen molar-refractivity contribution in [3.63, 3.8) is 0 Å². The van der Waals surface area contributed by atoms with Crippen molar-refractivity contribution in [1.29, 1.82) is 0 Å². The van der Waals surface area contributed by atoms with Gasteiger partial charge in [0.2, 0.25) is 5.95 Å². The monoisotopic (exact) mass is 391 g/mol. The molecule has 8 heteroatoms. The Bertz CT molecular complexity index is 557. The number of nitrogens with zero attached hydrogens (tertiary/aromatic N) is 2. The highest BCUT2D eigenvalue weighted by Crippen LogP contribution is 2.31. The lowest BCUT2D eigenvalue weighted by Crippen LogP contribution is -2.21. The summed E-state index contributed by atoms with van der Waals surface area (Å²) in [6.45, 7) is 1.19. The molecule has 0 bridgehead atoms. The van der Waals surface area contributed by atoms with Gasteiger partial charge < -0.3 is 5.32 Å². The van der Waals surface area contributed by atoms with E-state index in [1.165, 1.54) is 0 Å². The molecule has 2 rings (SSSR count). The summed E-state index contributed by atoms with van der Waals surface area (Å²) in [5, 5.41) is 3.23. The van der Waals surface area contributed by atoms with Gasteiger partial charge in [-0.05, 0) is 47.0 Å². The Balaban J connectivity index is 1.62. The van der Waals surface area contributed by atoms with Crippen molar-refractivity contribution in [2.75, 3.05) is 24.7 Å². The van der Waals surface area contributed by atoms with Gasteiger partial charge in [-0.25, -0.2) is 9.97 Å². The maximum absolute atomic E-state index is 11.0. The summed E-state index contributed by atoms with van der Waals surface area (Å²) >= 11 is 3.31. The van der Waals surface area contributed by atoms with Crippen LogP contribution in [-0.2, 0) is 14.3 Å². The number of rotatable bonds is 7. The van der Waals surface area contributed by atoms with Gasteiger partial charge in [-0.3, -0.25) is 4.18 Å². The van der Waals surface area contributed by atoms with Gasteiger partial charge in [0.25, 0.3) is 10.1 Å². The van der Waals surface area contributed by atoms with Crippen molar-refractivity contribution in [3.05, 3.63) is 16.9 Å². The smallest absolute Gasteiger partial charge is 0.264 e. The first-order valence-corrected chi connectivity index (χ1v) is 10.1. The Labute approximate surface area is 140 Å². The first kappa shape index (κ1) is 17.6. The number of halogens is 1. The van der Waals surface area contributed by atoms with Crippen LogP contribution in [0, 0.1) is 11.8 Å². The molecule has 0 atom stereocenters. The number of nitrogens with one attached hydrogen (secondary N) is 1. The fraction of sp³-hybridized carbons (Fsp3) is 0.714. The van der Waals surface area contributed by atoms with Crippen LogP contribution < -0.4 is 5.32 Å². The third-order valence-electron chi connectivity index (χ3n) is 3.94. The summed E-state index contributed by atoms with van der Waals surface area (Å²) < 4.78 is 27.7. The number of hydrogen-bond acceptors (Lipinski definition) is 6. The van der Waals surface area contributed by atoms with Gasteiger partial charge in [0.15, 0.2) is 0 Å². The van der Waals surface area contributed by atoms with Crippen LogP contribution in [0.3, 0.4) is 0 Å². The maximum atomic E-state index is 11.0. The largest absolute Gasteiger partial charge is 0.354 e. The van der Waals surface area contributed by atoms with E-state index in [1.54, 1.807) is 12.4 Å². The average molecular weight is 392 g/mol. The molecular formula is C14H22BrN3O3S. The summed E-state index contributed by atoms with van der Waals surface area (Å²) in [7, 11) is -3.31. The Morgan fingerprint density at radius 1 is 1.23 bits per heavy atom. The second-order valence-electron chi connectivity index (χ2n) is 5.82. The minimum absolute atomic E-state index is 0.330. The van der Waals surface area contributed by atoms with E-state index >= 15 is 0 Å². The lowest BCUT2D eigenvalue weighted by molar-refractivity contribution is 0.185. The van der Waals surface area contributed by atoms with Crippen LogP contribution in [0.15, 0.2) is 16.9 Å².